The molecule has 1 aliphatic heterocycles. The van der Waals surface area contributed by atoms with Gasteiger partial charge < -0.3 is 9.64 Å². The Bertz CT molecular complexity index is 430. The van der Waals surface area contributed by atoms with Crippen molar-refractivity contribution in [3.8, 4) is 0 Å². The fourth-order valence-electron chi connectivity index (χ4n) is 2.44. The standard InChI is InChI=1S/C14H19NO3S/c1-18-14(17)12-4-2-3-8-15(12)13(16)6-5-11-7-9-19-10-11/h7,9-10,12H,2-6,8H2,1H3. The van der Waals surface area contributed by atoms with Crippen molar-refractivity contribution in [2.24, 2.45) is 0 Å². The van der Waals surface area contributed by atoms with Crippen LogP contribution in [-0.4, -0.2) is 36.5 Å². The molecule has 104 valence electrons. The van der Waals surface area contributed by atoms with Crippen LogP contribution >= 0.6 is 11.3 Å². The Morgan fingerprint density at radius 1 is 1.47 bits per heavy atom. The Balaban J connectivity index is 1.93. The summed E-state index contributed by atoms with van der Waals surface area (Å²) in [6.07, 6.45) is 3.87. The normalized spacial score (nSPS) is 19.2. The van der Waals surface area contributed by atoms with Crippen molar-refractivity contribution in [2.75, 3.05) is 13.7 Å². The zero-order valence-electron chi connectivity index (χ0n) is 11.1. The summed E-state index contributed by atoms with van der Waals surface area (Å²) in [5, 5.41) is 4.07. The molecule has 19 heavy (non-hydrogen) atoms. The van der Waals surface area contributed by atoms with Crippen LogP contribution < -0.4 is 0 Å². The van der Waals surface area contributed by atoms with Gasteiger partial charge in [0.05, 0.1) is 7.11 Å². The predicted octanol–water partition coefficient (Wildman–Crippen LogP) is 2.23. The number of methoxy groups -OCH3 is 1. The van der Waals surface area contributed by atoms with Crippen molar-refractivity contribution in [3.63, 3.8) is 0 Å². The van der Waals surface area contributed by atoms with Gasteiger partial charge in [-0.1, -0.05) is 0 Å². The highest BCUT2D eigenvalue weighted by Crippen LogP contribution is 2.20. The first kappa shape index (κ1) is 14.1. The number of esters is 1. The molecule has 0 bridgehead atoms. The Morgan fingerprint density at radius 2 is 2.32 bits per heavy atom. The second kappa shape index (κ2) is 6.70. The van der Waals surface area contributed by atoms with Crippen LogP contribution in [0.15, 0.2) is 16.8 Å². The Morgan fingerprint density at radius 3 is 3.00 bits per heavy atom. The molecule has 0 saturated carbocycles. The van der Waals surface area contributed by atoms with Crippen LogP contribution in [0.2, 0.25) is 0 Å². The minimum Gasteiger partial charge on any atom is -0.467 e. The van der Waals surface area contributed by atoms with Gasteiger partial charge in [-0.05, 0) is 48.1 Å². The van der Waals surface area contributed by atoms with Gasteiger partial charge in [0.25, 0.3) is 0 Å². The van der Waals surface area contributed by atoms with E-state index in [2.05, 4.69) is 5.38 Å². The molecule has 0 aliphatic carbocycles. The Labute approximate surface area is 117 Å². The molecule has 5 heteroatoms. The maximum atomic E-state index is 12.2. The smallest absolute Gasteiger partial charge is 0.328 e. The van der Waals surface area contributed by atoms with Crippen molar-refractivity contribution in [2.45, 2.75) is 38.1 Å². The molecule has 2 heterocycles. The van der Waals surface area contributed by atoms with Crippen LogP contribution in [0.3, 0.4) is 0 Å². The molecule has 0 radical (unpaired) electrons. The minimum absolute atomic E-state index is 0.0568. The van der Waals surface area contributed by atoms with Gasteiger partial charge in [-0.25, -0.2) is 4.79 Å². The Hall–Kier alpha value is -1.36. The summed E-state index contributed by atoms with van der Waals surface area (Å²) in [5.41, 5.74) is 1.19. The fraction of sp³-hybridized carbons (Fsp3) is 0.571. The van der Waals surface area contributed by atoms with Gasteiger partial charge in [0.15, 0.2) is 0 Å². The van der Waals surface area contributed by atoms with Crippen molar-refractivity contribution < 1.29 is 14.3 Å². The number of aryl methyl sites for hydroxylation is 1. The van der Waals surface area contributed by atoms with Crippen LogP contribution in [0.1, 0.15) is 31.2 Å². The molecule has 1 aliphatic rings. The molecule has 1 saturated heterocycles. The highest BCUT2D eigenvalue weighted by Gasteiger charge is 2.32. The molecule has 4 nitrogen and oxygen atoms in total. The van der Waals surface area contributed by atoms with Gasteiger partial charge in [0.2, 0.25) is 5.91 Å². The fourth-order valence-corrected chi connectivity index (χ4v) is 3.14. The molecular weight excluding hydrogens is 262 g/mol. The van der Waals surface area contributed by atoms with Gasteiger partial charge in [0, 0.05) is 13.0 Å². The van der Waals surface area contributed by atoms with Gasteiger partial charge in [0.1, 0.15) is 6.04 Å². The topological polar surface area (TPSA) is 46.6 Å². The van der Waals surface area contributed by atoms with E-state index in [0.717, 1.165) is 25.7 Å². The molecule has 1 unspecified atom stereocenters. The van der Waals surface area contributed by atoms with Crippen molar-refractivity contribution in [3.05, 3.63) is 22.4 Å². The van der Waals surface area contributed by atoms with Gasteiger partial charge in [-0.2, -0.15) is 11.3 Å². The lowest BCUT2D eigenvalue weighted by atomic mass is 10.0. The summed E-state index contributed by atoms with van der Waals surface area (Å²) in [4.78, 5) is 25.6. The van der Waals surface area contributed by atoms with Crippen LogP contribution in [-0.2, 0) is 20.7 Å². The zero-order valence-corrected chi connectivity index (χ0v) is 11.9. The van der Waals surface area contributed by atoms with E-state index in [-0.39, 0.29) is 17.9 Å². The van der Waals surface area contributed by atoms with Crippen LogP contribution in [0.4, 0.5) is 0 Å². The maximum Gasteiger partial charge on any atom is 0.328 e. The number of carbonyl (C=O) groups is 2. The highest BCUT2D eigenvalue weighted by molar-refractivity contribution is 7.07. The number of nitrogens with zero attached hydrogens (tertiary/aromatic N) is 1. The van der Waals surface area contributed by atoms with E-state index < -0.39 is 0 Å². The van der Waals surface area contributed by atoms with E-state index in [9.17, 15) is 9.59 Å². The molecule has 0 spiro atoms. The quantitative estimate of drug-likeness (QED) is 0.795. The summed E-state index contributed by atoms with van der Waals surface area (Å²) in [7, 11) is 1.38. The largest absolute Gasteiger partial charge is 0.467 e. The van der Waals surface area contributed by atoms with Gasteiger partial charge in [-0.3, -0.25) is 4.79 Å². The van der Waals surface area contributed by atoms with Crippen molar-refractivity contribution in [1.82, 2.24) is 4.90 Å². The summed E-state index contributed by atoms with van der Waals surface area (Å²) in [6, 6.07) is 1.65. The van der Waals surface area contributed by atoms with Crippen LogP contribution in [0, 0.1) is 0 Å². The average molecular weight is 281 g/mol. The molecule has 0 aromatic carbocycles. The molecule has 1 fully saturated rings. The number of carbonyl (C=O) groups excluding carboxylic acids is 2. The number of hydrogen-bond acceptors (Lipinski definition) is 4. The number of ether oxygens (including phenoxy) is 1. The monoisotopic (exact) mass is 281 g/mol. The first-order chi connectivity index (χ1) is 9.22. The molecule has 1 amide bonds. The number of likely N-dealkylation sites (tertiary alicyclic amines) is 1. The molecule has 1 aromatic heterocycles. The third-order valence-electron chi connectivity index (χ3n) is 3.50. The lowest BCUT2D eigenvalue weighted by molar-refractivity contribution is -0.154. The van der Waals surface area contributed by atoms with Gasteiger partial charge in [-0.15, -0.1) is 0 Å². The molecular formula is C14H19NO3S. The molecule has 2 rings (SSSR count). The third-order valence-corrected chi connectivity index (χ3v) is 4.24. The maximum absolute atomic E-state index is 12.2. The van der Waals surface area contributed by atoms with E-state index in [4.69, 9.17) is 4.74 Å². The molecule has 1 aromatic rings. The third kappa shape index (κ3) is 3.56. The number of hydrogen-bond donors (Lipinski definition) is 0. The summed E-state index contributed by atoms with van der Waals surface area (Å²) < 4.78 is 4.79. The van der Waals surface area contributed by atoms with Crippen LogP contribution in [0.5, 0.6) is 0 Å². The zero-order chi connectivity index (χ0) is 13.7. The van der Waals surface area contributed by atoms with Crippen molar-refractivity contribution >= 4 is 23.2 Å². The lowest BCUT2D eigenvalue weighted by Gasteiger charge is -2.33. The average Bonchev–Trinajstić information content (AvgIpc) is 2.97. The van der Waals surface area contributed by atoms with Gasteiger partial charge >= 0.3 is 5.97 Å². The SMILES string of the molecule is COC(=O)C1CCCCN1C(=O)CCc1ccsc1. The summed E-state index contributed by atoms with van der Waals surface area (Å²) >= 11 is 1.64. The van der Waals surface area contributed by atoms with E-state index in [1.54, 1.807) is 16.2 Å². The summed E-state index contributed by atoms with van der Waals surface area (Å²) in [6.45, 7) is 0.669. The predicted molar refractivity (Wildman–Crippen MR) is 74.0 cm³/mol. The van der Waals surface area contributed by atoms with E-state index in [0.29, 0.717) is 13.0 Å². The first-order valence-corrected chi connectivity index (χ1v) is 7.55. The number of thiophene rings is 1. The second-order valence-corrected chi connectivity index (χ2v) is 5.53. The number of piperidine rings is 1. The van der Waals surface area contributed by atoms with E-state index >= 15 is 0 Å². The van der Waals surface area contributed by atoms with Crippen LogP contribution in [0.25, 0.3) is 0 Å². The second-order valence-electron chi connectivity index (χ2n) is 4.75. The lowest BCUT2D eigenvalue weighted by Crippen LogP contribution is -2.48. The minimum atomic E-state index is -0.381. The first-order valence-electron chi connectivity index (χ1n) is 6.60. The Kier molecular flexibility index (Phi) is 4.96. The molecule has 1 atom stereocenters. The molecule has 0 N–H and O–H groups in total. The van der Waals surface area contributed by atoms with E-state index in [1.807, 2.05) is 11.4 Å². The van der Waals surface area contributed by atoms with E-state index in [1.165, 1.54) is 12.7 Å². The highest BCUT2D eigenvalue weighted by atomic mass is 32.1. The summed E-state index contributed by atoms with van der Waals surface area (Å²) in [5.74, 6) is -0.232. The number of rotatable bonds is 4. The van der Waals surface area contributed by atoms with Crippen molar-refractivity contribution in [1.29, 1.82) is 0 Å². The number of amides is 1.